The fraction of sp³-hybridized carbons (Fsp3) is 0.444. The van der Waals surface area contributed by atoms with Crippen LogP contribution in [0.4, 0.5) is 23.3 Å². The van der Waals surface area contributed by atoms with E-state index in [9.17, 15) is 10.1 Å². The molecule has 1 aromatic heterocycles. The maximum Gasteiger partial charge on any atom is 0.353 e. The van der Waals surface area contributed by atoms with Crippen molar-refractivity contribution in [2.24, 2.45) is 0 Å². The first-order valence-electron chi connectivity index (χ1n) is 8.99. The molecule has 2 aromatic rings. The highest BCUT2D eigenvalue weighted by Crippen LogP contribution is 2.31. The van der Waals surface area contributed by atoms with Gasteiger partial charge >= 0.3 is 5.69 Å². The Hall–Kier alpha value is -2.90. The van der Waals surface area contributed by atoms with Gasteiger partial charge in [0.1, 0.15) is 0 Å². The summed E-state index contributed by atoms with van der Waals surface area (Å²) in [6.45, 7) is 0.615. The number of aromatic nitrogens is 2. The van der Waals surface area contributed by atoms with Gasteiger partial charge in [-0.15, -0.1) is 0 Å². The molecule has 138 valence electrons. The molecule has 0 spiro atoms. The van der Waals surface area contributed by atoms with Crippen molar-refractivity contribution in [1.29, 1.82) is 0 Å². The fourth-order valence-corrected chi connectivity index (χ4v) is 3.24. The van der Waals surface area contributed by atoms with Gasteiger partial charge in [0, 0.05) is 12.6 Å². The Morgan fingerprint density at radius 2 is 1.88 bits per heavy atom. The molecule has 0 unspecified atom stereocenters. The largest absolute Gasteiger partial charge is 0.378 e. The maximum atomic E-state index is 11.4. The molecule has 1 saturated carbocycles. The quantitative estimate of drug-likeness (QED) is 0.514. The summed E-state index contributed by atoms with van der Waals surface area (Å²) in [5.41, 5.74) is 6.78. The molecule has 26 heavy (non-hydrogen) atoms. The van der Waals surface area contributed by atoms with E-state index in [1.165, 1.54) is 12.0 Å². The summed E-state index contributed by atoms with van der Waals surface area (Å²) >= 11 is 0. The Labute approximate surface area is 152 Å². The number of nitro groups is 1. The van der Waals surface area contributed by atoms with Crippen molar-refractivity contribution in [2.45, 2.75) is 44.6 Å². The Balaban J connectivity index is 1.72. The fourth-order valence-electron chi connectivity index (χ4n) is 3.24. The molecule has 1 aliphatic rings. The third kappa shape index (κ3) is 4.59. The summed E-state index contributed by atoms with van der Waals surface area (Å²) in [7, 11) is 0. The van der Waals surface area contributed by atoms with Crippen molar-refractivity contribution in [3.63, 3.8) is 0 Å². The minimum atomic E-state index is -0.520. The molecule has 0 atom stereocenters. The lowest BCUT2D eigenvalue weighted by atomic mass is 9.95. The number of benzene rings is 1. The zero-order chi connectivity index (χ0) is 18.4. The van der Waals surface area contributed by atoms with Crippen LogP contribution < -0.4 is 16.4 Å². The van der Waals surface area contributed by atoms with Crippen molar-refractivity contribution in [2.75, 3.05) is 22.9 Å². The SMILES string of the molecule is Nc1nc(NCCc2ccccc2)nc(NC2CCCCC2)c1[N+](=O)[O-]. The number of nitrogens with one attached hydrogen (secondary N) is 2. The highest BCUT2D eigenvalue weighted by atomic mass is 16.6. The second kappa shape index (κ2) is 8.46. The number of hydrogen-bond donors (Lipinski definition) is 3. The van der Waals surface area contributed by atoms with Crippen LogP contribution in [0.25, 0.3) is 0 Å². The molecule has 4 N–H and O–H groups in total. The van der Waals surface area contributed by atoms with Crippen LogP contribution in [0.5, 0.6) is 0 Å². The Morgan fingerprint density at radius 3 is 2.58 bits per heavy atom. The lowest BCUT2D eigenvalue weighted by Crippen LogP contribution is -2.24. The summed E-state index contributed by atoms with van der Waals surface area (Å²) < 4.78 is 0. The van der Waals surface area contributed by atoms with Crippen LogP contribution in [-0.2, 0) is 6.42 Å². The Morgan fingerprint density at radius 1 is 1.15 bits per heavy atom. The molecular formula is C18H24N6O2. The first-order valence-corrected chi connectivity index (χ1v) is 8.99. The summed E-state index contributed by atoms with van der Waals surface area (Å²) in [6, 6.07) is 10.2. The van der Waals surface area contributed by atoms with E-state index in [1.807, 2.05) is 30.3 Å². The van der Waals surface area contributed by atoms with E-state index >= 15 is 0 Å². The second-order valence-corrected chi connectivity index (χ2v) is 6.53. The summed E-state index contributed by atoms with van der Waals surface area (Å²) in [6.07, 6.45) is 6.21. The van der Waals surface area contributed by atoms with E-state index < -0.39 is 4.92 Å². The van der Waals surface area contributed by atoms with Gasteiger partial charge in [0.2, 0.25) is 17.6 Å². The zero-order valence-corrected chi connectivity index (χ0v) is 14.6. The number of hydrogen-bond acceptors (Lipinski definition) is 7. The number of nitrogens with two attached hydrogens (primary N) is 1. The second-order valence-electron chi connectivity index (χ2n) is 6.53. The van der Waals surface area contributed by atoms with Gasteiger partial charge in [0.15, 0.2) is 0 Å². The third-order valence-electron chi connectivity index (χ3n) is 4.58. The van der Waals surface area contributed by atoms with Gasteiger partial charge in [-0.1, -0.05) is 49.6 Å². The molecular weight excluding hydrogens is 332 g/mol. The molecule has 1 aliphatic carbocycles. The first-order chi connectivity index (χ1) is 12.6. The summed E-state index contributed by atoms with van der Waals surface area (Å²) in [4.78, 5) is 19.2. The molecule has 0 aliphatic heterocycles. The predicted octanol–water partition coefficient (Wildman–Crippen LogP) is 3.37. The highest BCUT2D eigenvalue weighted by Gasteiger charge is 2.25. The van der Waals surface area contributed by atoms with Crippen LogP contribution in [0.1, 0.15) is 37.7 Å². The van der Waals surface area contributed by atoms with E-state index in [1.54, 1.807) is 0 Å². The van der Waals surface area contributed by atoms with E-state index in [-0.39, 0.29) is 23.4 Å². The lowest BCUT2D eigenvalue weighted by Gasteiger charge is -2.23. The molecule has 0 saturated heterocycles. The van der Waals surface area contributed by atoms with Crippen LogP contribution in [0, 0.1) is 10.1 Å². The highest BCUT2D eigenvalue weighted by molar-refractivity contribution is 5.70. The van der Waals surface area contributed by atoms with Crippen molar-refractivity contribution in [1.82, 2.24) is 9.97 Å². The van der Waals surface area contributed by atoms with E-state index in [4.69, 9.17) is 5.73 Å². The number of rotatable bonds is 7. The van der Waals surface area contributed by atoms with Crippen LogP contribution in [-0.4, -0.2) is 27.5 Å². The molecule has 8 heteroatoms. The van der Waals surface area contributed by atoms with Crippen LogP contribution in [0.3, 0.4) is 0 Å². The van der Waals surface area contributed by atoms with Gasteiger partial charge in [-0.05, 0) is 24.8 Å². The Kier molecular flexibility index (Phi) is 5.83. The third-order valence-corrected chi connectivity index (χ3v) is 4.58. The summed E-state index contributed by atoms with van der Waals surface area (Å²) in [5, 5.41) is 17.7. The average molecular weight is 356 g/mol. The smallest absolute Gasteiger partial charge is 0.353 e. The molecule has 0 bridgehead atoms. The molecule has 8 nitrogen and oxygen atoms in total. The number of nitrogens with zero attached hydrogens (tertiary/aromatic N) is 3. The van der Waals surface area contributed by atoms with Gasteiger partial charge < -0.3 is 16.4 Å². The van der Waals surface area contributed by atoms with E-state index in [0.717, 1.165) is 32.1 Å². The molecule has 3 rings (SSSR count). The minimum absolute atomic E-state index is 0.120. The van der Waals surface area contributed by atoms with E-state index in [0.29, 0.717) is 12.5 Å². The monoisotopic (exact) mass is 356 g/mol. The van der Waals surface area contributed by atoms with Crippen LogP contribution in [0.2, 0.25) is 0 Å². The van der Waals surface area contributed by atoms with Crippen molar-refractivity contribution < 1.29 is 4.92 Å². The van der Waals surface area contributed by atoms with Gasteiger partial charge in [-0.25, -0.2) is 0 Å². The first kappa shape index (κ1) is 17.9. The molecule has 1 aromatic carbocycles. The zero-order valence-electron chi connectivity index (χ0n) is 14.6. The standard InChI is InChI=1S/C18H24N6O2/c19-16-15(24(25)26)17(21-14-9-5-2-6-10-14)23-18(22-16)20-12-11-13-7-3-1-4-8-13/h1,3-4,7-8,14H,2,5-6,9-12H2,(H4,19,20,21,22,23). The van der Waals surface area contributed by atoms with Gasteiger partial charge in [-0.2, -0.15) is 9.97 Å². The van der Waals surface area contributed by atoms with Crippen molar-refractivity contribution in [3.05, 3.63) is 46.0 Å². The summed E-state index contributed by atoms with van der Waals surface area (Å²) in [5.74, 6) is 0.393. The minimum Gasteiger partial charge on any atom is -0.378 e. The molecule has 0 amide bonds. The molecule has 1 fully saturated rings. The van der Waals surface area contributed by atoms with Crippen molar-refractivity contribution in [3.8, 4) is 0 Å². The topological polar surface area (TPSA) is 119 Å². The van der Waals surface area contributed by atoms with Crippen LogP contribution >= 0.6 is 0 Å². The number of nitrogen functional groups attached to an aromatic ring is 1. The Bertz CT molecular complexity index is 747. The maximum absolute atomic E-state index is 11.4. The lowest BCUT2D eigenvalue weighted by molar-refractivity contribution is -0.383. The molecule has 1 heterocycles. The van der Waals surface area contributed by atoms with Gasteiger partial charge in [-0.3, -0.25) is 10.1 Å². The van der Waals surface area contributed by atoms with Crippen LogP contribution in [0.15, 0.2) is 30.3 Å². The van der Waals surface area contributed by atoms with Crippen molar-refractivity contribution >= 4 is 23.3 Å². The van der Waals surface area contributed by atoms with E-state index in [2.05, 4.69) is 20.6 Å². The molecule has 0 radical (unpaired) electrons. The normalized spacial score (nSPS) is 14.8. The van der Waals surface area contributed by atoms with Gasteiger partial charge in [0.25, 0.3) is 0 Å². The average Bonchev–Trinajstić information content (AvgIpc) is 2.63. The predicted molar refractivity (Wildman–Crippen MR) is 102 cm³/mol. The number of anilines is 3. The van der Waals surface area contributed by atoms with Gasteiger partial charge in [0.05, 0.1) is 4.92 Å².